The van der Waals surface area contributed by atoms with E-state index in [-0.39, 0.29) is 5.56 Å². The van der Waals surface area contributed by atoms with Gasteiger partial charge in [-0.25, -0.2) is 4.98 Å². The largest absolute Gasteiger partial charge is 0.312 e. The SMILES string of the molecule is O=c1[nH]c(CSc2ccccc2Cl)nc2c1CNCC2. The van der Waals surface area contributed by atoms with Crippen LogP contribution in [0.2, 0.25) is 5.02 Å². The van der Waals surface area contributed by atoms with Gasteiger partial charge in [-0.1, -0.05) is 23.7 Å². The number of rotatable bonds is 3. The van der Waals surface area contributed by atoms with Crippen LogP contribution in [0.4, 0.5) is 0 Å². The summed E-state index contributed by atoms with van der Waals surface area (Å²) in [6, 6.07) is 7.67. The van der Waals surface area contributed by atoms with Crippen LogP contribution in [0.25, 0.3) is 0 Å². The highest BCUT2D eigenvalue weighted by Crippen LogP contribution is 2.28. The van der Waals surface area contributed by atoms with Gasteiger partial charge in [0.05, 0.1) is 22.0 Å². The zero-order chi connectivity index (χ0) is 13.9. The van der Waals surface area contributed by atoms with Crippen molar-refractivity contribution in [1.82, 2.24) is 15.3 Å². The summed E-state index contributed by atoms with van der Waals surface area (Å²) in [7, 11) is 0. The van der Waals surface area contributed by atoms with E-state index in [9.17, 15) is 4.79 Å². The lowest BCUT2D eigenvalue weighted by Gasteiger charge is -2.15. The third-order valence-electron chi connectivity index (χ3n) is 3.19. The number of nitrogens with zero attached hydrogens (tertiary/aromatic N) is 1. The third kappa shape index (κ3) is 2.90. The Morgan fingerprint density at radius 2 is 2.20 bits per heavy atom. The highest BCUT2D eigenvalue weighted by atomic mass is 35.5. The summed E-state index contributed by atoms with van der Waals surface area (Å²) in [6.07, 6.45) is 0.809. The summed E-state index contributed by atoms with van der Waals surface area (Å²) in [5.41, 5.74) is 1.65. The van der Waals surface area contributed by atoms with Crippen LogP contribution in [-0.2, 0) is 18.7 Å². The number of aromatic nitrogens is 2. The maximum Gasteiger partial charge on any atom is 0.255 e. The number of hydrogen-bond acceptors (Lipinski definition) is 4. The topological polar surface area (TPSA) is 57.8 Å². The Labute approximate surface area is 126 Å². The molecule has 0 radical (unpaired) electrons. The van der Waals surface area contributed by atoms with Gasteiger partial charge in [-0.3, -0.25) is 4.79 Å². The Morgan fingerprint density at radius 1 is 1.35 bits per heavy atom. The molecule has 1 aromatic carbocycles. The average molecular weight is 308 g/mol. The van der Waals surface area contributed by atoms with Gasteiger partial charge >= 0.3 is 0 Å². The first-order valence-corrected chi connectivity index (χ1v) is 7.79. The van der Waals surface area contributed by atoms with Gasteiger partial charge in [0.15, 0.2) is 0 Å². The number of fused-ring (bicyclic) bond motifs is 1. The maximum atomic E-state index is 12.0. The van der Waals surface area contributed by atoms with Gasteiger partial charge < -0.3 is 10.3 Å². The molecule has 0 amide bonds. The van der Waals surface area contributed by atoms with E-state index in [1.807, 2.05) is 24.3 Å². The van der Waals surface area contributed by atoms with Crippen molar-refractivity contribution in [3.8, 4) is 0 Å². The molecule has 2 heterocycles. The fourth-order valence-corrected chi connectivity index (χ4v) is 3.29. The van der Waals surface area contributed by atoms with E-state index in [2.05, 4.69) is 15.3 Å². The molecule has 2 aromatic rings. The number of halogens is 1. The van der Waals surface area contributed by atoms with Crippen molar-refractivity contribution in [2.24, 2.45) is 0 Å². The fourth-order valence-electron chi connectivity index (χ4n) is 2.18. The molecular weight excluding hydrogens is 294 g/mol. The van der Waals surface area contributed by atoms with E-state index in [0.717, 1.165) is 34.1 Å². The normalized spacial score (nSPS) is 14.1. The second kappa shape index (κ2) is 5.99. The molecule has 4 nitrogen and oxygen atoms in total. The van der Waals surface area contributed by atoms with Crippen molar-refractivity contribution < 1.29 is 0 Å². The van der Waals surface area contributed by atoms with E-state index in [1.165, 1.54) is 0 Å². The number of benzene rings is 1. The minimum atomic E-state index is -0.0306. The molecule has 0 bridgehead atoms. The predicted octanol–water partition coefficient (Wildman–Crippen LogP) is 2.36. The molecular formula is C14H14ClN3OS. The minimum absolute atomic E-state index is 0.0306. The molecule has 20 heavy (non-hydrogen) atoms. The van der Waals surface area contributed by atoms with Crippen LogP contribution in [0.3, 0.4) is 0 Å². The molecule has 0 aliphatic carbocycles. The molecule has 0 saturated carbocycles. The predicted molar refractivity (Wildman–Crippen MR) is 81.3 cm³/mol. The summed E-state index contributed by atoms with van der Waals surface area (Å²) in [4.78, 5) is 20.4. The number of thioether (sulfide) groups is 1. The molecule has 0 spiro atoms. The quantitative estimate of drug-likeness (QED) is 0.855. The molecule has 6 heteroatoms. The second-order valence-corrected chi connectivity index (χ2v) is 6.01. The van der Waals surface area contributed by atoms with E-state index < -0.39 is 0 Å². The van der Waals surface area contributed by atoms with E-state index >= 15 is 0 Å². The summed E-state index contributed by atoms with van der Waals surface area (Å²) >= 11 is 7.69. The molecule has 1 aromatic heterocycles. The maximum absolute atomic E-state index is 12.0. The van der Waals surface area contributed by atoms with Crippen molar-refractivity contribution in [1.29, 1.82) is 0 Å². The highest BCUT2D eigenvalue weighted by molar-refractivity contribution is 7.98. The molecule has 3 rings (SSSR count). The van der Waals surface area contributed by atoms with E-state index in [4.69, 9.17) is 11.6 Å². The van der Waals surface area contributed by atoms with Gasteiger partial charge in [0.25, 0.3) is 5.56 Å². The van der Waals surface area contributed by atoms with Crippen LogP contribution in [0.15, 0.2) is 34.0 Å². The smallest absolute Gasteiger partial charge is 0.255 e. The first kappa shape index (κ1) is 13.7. The molecule has 0 atom stereocenters. The molecule has 1 aliphatic heterocycles. The average Bonchev–Trinajstić information content (AvgIpc) is 2.46. The van der Waals surface area contributed by atoms with E-state index in [1.54, 1.807) is 11.8 Å². The highest BCUT2D eigenvalue weighted by Gasteiger charge is 2.15. The molecule has 0 saturated heterocycles. The number of hydrogen-bond donors (Lipinski definition) is 2. The molecule has 0 unspecified atom stereocenters. The van der Waals surface area contributed by atoms with Gasteiger partial charge in [0, 0.05) is 24.4 Å². The number of nitrogens with one attached hydrogen (secondary N) is 2. The Hall–Kier alpha value is -1.30. The van der Waals surface area contributed by atoms with Crippen LogP contribution in [-0.4, -0.2) is 16.5 Å². The van der Waals surface area contributed by atoms with Crippen molar-refractivity contribution in [3.05, 3.63) is 56.7 Å². The second-order valence-electron chi connectivity index (χ2n) is 4.58. The first-order chi connectivity index (χ1) is 9.74. The fraction of sp³-hybridized carbons (Fsp3) is 0.286. The zero-order valence-electron chi connectivity index (χ0n) is 10.8. The van der Waals surface area contributed by atoms with Crippen molar-refractivity contribution in [2.75, 3.05) is 6.54 Å². The molecule has 2 N–H and O–H groups in total. The van der Waals surface area contributed by atoms with Crippen LogP contribution in [0.1, 0.15) is 17.1 Å². The van der Waals surface area contributed by atoms with Crippen LogP contribution in [0.5, 0.6) is 0 Å². The summed E-state index contributed by atoms with van der Waals surface area (Å²) < 4.78 is 0. The first-order valence-electron chi connectivity index (χ1n) is 6.43. The van der Waals surface area contributed by atoms with Crippen molar-refractivity contribution in [3.63, 3.8) is 0 Å². The lowest BCUT2D eigenvalue weighted by molar-refractivity contribution is 0.616. The van der Waals surface area contributed by atoms with Crippen molar-refractivity contribution in [2.45, 2.75) is 23.6 Å². The molecule has 0 fully saturated rings. The van der Waals surface area contributed by atoms with Crippen LogP contribution >= 0.6 is 23.4 Å². The van der Waals surface area contributed by atoms with Crippen LogP contribution < -0.4 is 10.9 Å². The summed E-state index contributed by atoms with van der Waals surface area (Å²) in [5, 5.41) is 3.91. The number of H-pyrrole nitrogens is 1. The minimum Gasteiger partial charge on any atom is -0.312 e. The zero-order valence-corrected chi connectivity index (χ0v) is 12.4. The molecule has 104 valence electrons. The summed E-state index contributed by atoms with van der Waals surface area (Å²) in [5.74, 6) is 1.32. The van der Waals surface area contributed by atoms with E-state index in [0.29, 0.717) is 18.1 Å². The van der Waals surface area contributed by atoms with Gasteiger partial charge in [-0.2, -0.15) is 0 Å². The van der Waals surface area contributed by atoms with Gasteiger partial charge in [0.2, 0.25) is 0 Å². The monoisotopic (exact) mass is 307 g/mol. The van der Waals surface area contributed by atoms with Crippen molar-refractivity contribution >= 4 is 23.4 Å². The van der Waals surface area contributed by atoms with Gasteiger partial charge in [0.1, 0.15) is 5.82 Å². The molecule has 1 aliphatic rings. The Bertz CT molecular complexity index is 686. The standard InChI is InChI=1S/C14H14ClN3OS/c15-10-3-1-2-4-12(10)20-8-13-17-11-5-6-16-7-9(11)14(19)18-13/h1-4,16H,5-8H2,(H,17,18,19). The van der Waals surface area contributed by atoms with Gasteiger partial charge in [-0.05, 0) is 12.1 Å². The van der Waals surface area contributed by atoms with Crippen LogP contribution in [0, 0.1) is 0 Å². The lowest BCUT2D eigenvalue weighted by atomic mass is 10.1. The summed E-state index contributed by atoms with van der Waals surface area (Å²) in [6.45, 7) is 1.48. The Balaban J connectivity index is 1.80. The lowest BCUT2D eigenvalue weighted by Crippen LogP contribution is -2.32. The Morgan fingerprint density at radius 3 is 3.05 bits per heavy atom. The third-order valence-corrected chi connectivity index (χ3v) is 4.72. The Kier molecular flexibility index (Phi) is 4.10. The van der Waals surface area contributed by atoms with Gasteiger partial charge in [-0.15, -0.1) is 11.8 Å². The number of aromatic amines is 1.